The Labute approximate surface area is 106 Å². The summed E-state index contributed by atoms with van der Waals surface area (Å²) in [7, 11) is 0. The zero-order valence-corrected chi connectivity index (χ0v) is 9.67. The van der Waals surface area contributed by atoms with Crippen molar-refractivity contribution in [2.75, 3.05) is 0 Å². The van der Waals surface area contributed by atoms with E-state index in [0.717, 1.165) is 0 Å². The Balaban J connectivity index is 2.17. The quantitative estimate of drug-likeness (QED) is 0.638. The number of halogens is 3. The van der Waals surface area contributed by atoms with Crippen molar-refractivity contribution in [3.05, 3.63) is 24.8 Å². The van der Waals surface area contributed by atoms with Crippen LogP contribution in [0, 0.1) is 0 Å². The molecule has 2 atom stereocenters. The lowest BCUT2D eigenvalue weighted by molar-refractivity contribution is -0.211. The first-order valence-corrected chi connectivity index (χ1v) is 5.38. The molecule has 0 saturated carbocycles. The Hall–Kier alpha value is -1.90. The van der Waals surface area contributed by atoms with E-state index in [1.807, 2.05) is 0 Å². The second-order valence-corrected chi connectivity index (χ2v) is 4.27. The zero-order valence-electron chi connectivity index (χ0n) is 9.67. The van der Waals surface area contributed by atoms with Gasteiger partial charge in [0, 0.05) is 12.5 Å². The molecule has 0 aliphatic heterocycles. The number of ether oxygens (including phenoxy) is 1. The Morgan fingerprint density at radius 1 is 1.58 bits per heavy atom. The van der Waals surface area contributed by atoms with Gasteiger partial charge in [0.25, 0.3) is 0 Å². The summed E-state index contributed by atoms with van der Waals surface area (Å²) in [6.07, 6.45) is 0.437. The van der Waals surface area contributed by atoms with Crippen LogP contribution in [0.5, 0.6) is 0 Å². The third-order valence-corrected chi connectivity index (χ3v) is 2.65. The molecule has 9 heteroatoms. The van der Waals surface area contributed by atoms with Crippen molar-refractivity contribution in [3.63, 3.8) is 0 Å². The van der Waals surface area contributed by atoms with Crippen LogP contribution < -0.4 is 5.73 Å². The van der Waals surface area contributed by atoms with Crippen LogP contribution in [0.4, 0.5) is 13.2 Å². The van der Waals surface area contributed by atoms with E-state index < -0.39 is 23.8 Å². The Morgan fingerprint density at radius 3 is 2.79 bits per heavy atom. The molecule has 0 amide bonds. The molecule has 104 valence electrons. The number of nitrogens with two attached hydrogens (primary N) is 1. The van der Waals surface area contributed by atoms with Gasteiger partial charge in [0.1, 0.15) is 12.7 Å². The highest BCUT2D eigenvalue weighted by atomic mass is 19.4. The molecular weight excluding hydrogens is 265 g/mol. The van der Waals surface area contributed by atoms with Crippen molar-refractivity contribution >= 4 is 5.97 Å². The maximum absolute atomic E-state index is 12.3. The van der Waals surface area contributed by atoms with Gasteiger partial charge >= 0.3 is 12.1 Å². The average molecular weight is 276 g/mol. The average Bonchev–Trinajstić information content (AvgIpc) is 2.88. The second kappa shape index (κ2) is 4.65. The summed E-state index contributed by atoms with van der Waals surface area (Å²) >= 11 is 0. The first-order chi connectivity index (χ1) is 8.81. The Kier molecular flexibility index (Phi) is 3.31. The second-order valence-electron chi connectivity index (χ2n) is 4.27. The van der Waals surface area contributed by atoms with Gasteiger partial charge in [-0.1, -0.05) is 6.08 Å². The van der Waals surface area contributed by atoms with Crippen molar-refractivity contribution in [1.82, 2.24) is 14.8 Å². The first kappa shape index (κ1) is 13.5. The van der Waals surface area contributed by atoms with E-state index in [0.29, 0.717) is 0 Å². The van der Waals surface area contributed by atoms with E-state index in [2.05, 4.69) is 14.8 Å². The highest BCUT2D eigenvalue weighted by molar-refractivity contribution is 5.76. The van der Waals surface area contributed by atoms with Crippen LogP contribution in [-0.2, 0) is 16.1 Å². The smallest absolute Gasteiger partial charge is 0.446 e. The summed E-state index contributed by atoms with van der Waals surface area (Å²) in [4.78, 5) is 14.7. The predicted molar refractivity (Wildman–Crippen MR) is 56.6 cm³/mol. The third kappa shape index (κ3) is 3.11. The maximum Gasteiger partial charge on any atom is 0.490 e. The minimum atomic E-state index is -5.05. The number of esters is 1. The highest BCUT2D eigenvalue weighted by Gasteiger charge is 2.47. The van der Waals surface area contributed by atoms with E-state index in [9.17, 15) is 18.0 Å². The highest BCUT2D eigenvalue weighted by Crippen LogP contribution is 2.31. The monoisotopic (exact) mass is 276 g/mol. The molecule has 0 radical (unpaired) electrons. The normalized spacial score (nSPS) is 26.6. The summed E-state index contributed by atoms with van der Waals surface area (Å²) < 4.78 is 42.7. The van der Waals surface area contributed by atoms with Crippen LogP contribution in [0.25, 0.3) is 0 Å². The van der Waals surface area contributed by atoms with E-state index in [4.69, 9.17) is 5.73 Å². The van der Waals surface area contributed by atoms with Crippen LogP contribution in [-0.4, -0.2) is 38.6 Å². The zero-order chi connectivity index (χ0) is 14.1. The van der Waals surface area contributed by atoms with Gasteiger partial charge in [-0.15, -0.1) is 0 Å². The molecule has 6 nitrogen and oxygen atoms in total. The molecule has 2 rings (SSSR count). The number of nitrogens with zero attached hydrogens (tertiary/aromatic N) is 3. The molecule has 1 aliphatic rings. The van der Waals surface area contributed by atoms with E-state index >= 15 is 0 Å². The molecule has 19 heavy (non-hydrogen) atoms. The van der Waals surface area contributed by atoms with Crippen LogP contribution in [0.1, 0.15) is 6.42 Å². The molecular formula is C10H11F3N4O2. The molecule has 0 aromatic carbocycles. The van der Waals surface area contributed by atoms with Gasteiger partial charge < -0.3 is 10.5 Å². The molecule has 0 bridgehead atoms. The number of hydrogen-bond acceptors (Lipinski definition) is 5. The van der Waals surface area contributed by atoms with Crippen molar-refractivity contribution < 1.29 is 22.7 Å². The fourth-order valence-electron chi connectivity index (χ4n) is 1.89. The molecule has 1 aromatic heterocycles. The van der Waals surface area contributed by atoms with Crippen molar-refractivity contribution in [1.29, 1.82) is 0 Å². The van der Waals surface area contributed by atoms with Crippen LogP contribution in [0.15, 0.2) is 24.8 Å². The number of alkyl halides is 3. The van der Waals surface area contributed by atoms with E-state index in [1.54, 1.807) is 0 Å². The fourth-order valence-corrected chi connectivity index (χ4v) is 1.89. The molecule has 0 spiro atoms. The molecule has 1 heterocycles. The fraction of sp³-hybridized carbons (Fsp3) is 0.500. The topological polar surface area (TPSA) is 83.0 Å². The summed E-state index contributed by atoms with van der Waals surface area (Å²) in [6, 6.07) is -0.468. The SMILES string of the molecule is N[C@@H]1C=C[C@@](Cn2cncn2)(OC(=O)C(F)(F)F)C1. The van der Waals surface area contributed by atoms with Crippen molar-refractivity contribution in [2.45, 2.75) is 30.8 Å². The number of aromatic nitrogens is 3. The third-order valence-electron chi connectivity index (χ3n) is 2.65. The summed E-state index contributed by atoms with van der Waals surface area (Å²) in [6.45, 7) is -0.0704. The standard InChI is InChI=1S/C10H11F3N4O2/c11-10(12,13)8(18)19-9(2-1-7(14)3-9)4-17-6-15-5-16-17/h1-2,5-7H,3-4,14H2/t7-,9-/m1/s1. The van der Waals surface area contributed by atoms with Gasteiger partial charge in [-0.3, -0.25) is 0 Å². The summed E-state index contributed by atoms with van der Waals surface area (Å²) in [5, 5.41) is 3.78. The number of carbonyl (C=O) groups is 1. The largest absolute Gasteiger partial charge is 0.490 e. The van der Waals surface area contributed by atoms with Crippen molar-refractivity contribution in [2.24, 2.45) is 5.73 Å². The van der Waals surface area contributed by atoms with Gasteiger partial charge in [-0.25, -0.2) is 14.5 Å². The molecule has 0 unspecified atom stereocenters. The van der Waals surface area contributed by atoms with Gasteiger partial charge in [0.15, 0.2) is 5.60 Å². The molecule has 0 fully saturated rings. The summed E-state index contributed by atoms with van der Waals surface area (Å²) in [5.74, 6) is -2.24. The van der Waals surface area contributed by atoms with Gasteiger partial charge in [-0.2, -0.15) is 18.3 Å². The molecule has 1 aromatic rings. The number of hydrogen-bond donors (Lipinski definition) is 1. The van der Waals surface area contributed by atoms with Crippen molar-refractivity contribution in [3.8, 4) is 0 Å². The van der Waals surface area contributed by atoms with Crippen LogP contribution in [0.3, 0.4) is 0 Å². The van der Waals surface area contributed by atoms with Gasteiger partial charge in [-0.05, 0) is 6.08 Å². The minimum Gasteiger partial charge on any atom is -0.446 e. The molecule has 2 N–H and O–H groups in total. The first-order valence-electron chi connectivity index (χ1n) is 5.38. The lowest BCUT2D eigenvalue weighted by atomic mass is 10.0. The van der Waals surface area contributed by atoms with E-state index in [1.165, 1.54) is 29.5 Å². The predicted octanol–water partition coefficient (Wildman–Crippen LogP) is 0.410. The molecule has 1 aliphatic carbocycles. The Bertz CT molecular complexity index is 485. The number of rotatable bonds is 3. The van der Waals surface area contributed by atoms with E-state index in [-0.39, 0.29) is 13.0 Å². The number of carbonyl (C=O) groups excluding carboxylic acids is 1. The maximum atomic E-state index is 12.3. The minimum absolute atomic E-state index is 0.0642. The lowest BCUT2D eigenvalue weighted by Gasteiger charge is -2.28. The van der Waals surface area contributed by atoms with Crippen LogP contribution in [0.2, 0.25) is 0 Å². The molecule has 0 saturated heterocycles. The van der Waals surface area contributed by atoms with Gasteiger partial charge in [0.05, 0.1) is 6.54 Å². The lowest BCUT2D eigenvalue weighted by Crippen LogP contribution is -2.42. The van der Waals surface area contributed by atoms with Crippen LogP contribution >= 0.6 is 0 Å². The Morgan fingerprint density at radius 2 is 2.32 bits per heavy atom. The van der Waals surface area contributed by atoms with Gasteiger partial charge in [0.2, 0.25) is 0 Å². The summed E-state index contributed by atoms with van der Waals surface area (Å²) in [5.41, 5.74) is 4.17.